The maximum absolute atomic E-state index is 5.03. The number of nitrogens with zero attached hydrogens (tertiary/aromatic N) is 1. The van der Waals surface area contributed by atoms with Crippen molar-refractivity contribution in [2.75, 3.05) is 0 Å². The Morgan fingerprint density at radius 3 is 3.12 bits per heavy atom. The summed E-state index contributed by atoms with van der Waals surface area (Å²) in [5, 5.41) is 3.39. The van der Waals surface area contributed by atoms with Crippen LogP contribution < -0.4 is 5.32 Å². The zero-order valence-corrected chi connectivity index (χ0v) is 9.66. The largest absolute Gasteiger partial charge is 0.472 e. The predicted octanol–water partition coefficient (Wildman–Crippen LogP) is 2.56. The Labute approximate surface area is 95.1 Å². The molecule has 0 fully saturated rings. The van der Waals surface area contributed by atoms with E-state index in [1.54, 1.807) is 12.5 Å². The highest BCUT2D eigenvalue weighted by molar-refractivity contribution is 5.56. The Hall–Kier alpha value is -1.55. The summed E-state index contributed by atoms with van der Waals surface area (Å²) in [5.41, 5.74) is 2.02. The van der Waals surface area contributed by atoms with E-state index in [0.717, 1.165) is 30.0 Å². The van der Waals surface area contributed by atoms with E-state index < -0.39 is 0 Å². The van der Waals surface area contributed by atoms with Crippen molar-refractivity contribution in [3.63, 3.8) is 0 Å². The molecular formula is C12H17N3O. The van der Waals surface area contributed by atoms with Crippen molar-refractivity contribution in [3.8, 4) is 11.3 Å². The lowest BCUT2D eigenvalue weighted by Crippen LogP contribution is -2.24. The third-order valence-corrected chi connectivity index (χ3v) is 2.69. The Balaban J connectivity index is 1.98. The van der Waals surface area contributed by atoms with E-state index in [2.05, 4.69) is 29.1 Å². The van der Waals surface area contributed by atoms with Gasteiger partial charge in [0.1, 0.15) is 5.82 Å². The maximum atomic E-state index is 5.03. The van der Waals surface area contributed by atoms with Gasteiger partial charge in [-0.05, 0) is 19.4 Å². The molecule has 1 unspecified atom stereocenters. The van der Waals surface area contributed by atoms with Gasteiger partial charge in [0.05, 0.1) is 31.0 Å². The minimum atomic E-state index is 0.516. The number of imidazole rings is 1. The highest BCUT2D eigenvalue weighted by Crippen LogP contribution is 2.16. The lowest BCUT2D eigenvalue weighted by atomic mass is 10.2. The number of hydrogen-bond donors (Lipinski definition) is 2. The van der Waals surface area contributed by atoms with Gasteiger partial charge in [0, 0.05) is 11.6 Å². The van der Waals surface area contributed by atoms with E-state index in [4.69, 9.17) is 4.42 Å². The van der Waals surface area contributed by atoms with Crippen molar-refractivity contribution in [1.82, 2.24) is 15.3 Å². The summed E-state index contributed by atoms with van der Waals surface area (Å²) in [4.78, 5) is 7.58. The van der Waals surface area contributed by atoms with Crippen LogP contribution in [0.25, 0.3) is 11.3 Å². The first-order chi connectivity index (χ1) is 7.79. The number of furan rings is 1. The number of aromatic nitrogens is 2. The minimum absolute atomic E-state index is 0.516. The first kappa shape index (κ1) is 11.0. The molecule has 2 aromatic heterocycles. The molecular weight excluding hydrogens is 202 g/mol. The fraction of sp³-hybridized carbons (Fsp3) is 0.417. The molecule has 0 radical (unpaired) electrons. The van der Waals surface area contributed by atoms with Crippen LogP contribution in [0.15, 0.2) is 29.2 Å². The van der Waals surface area contributed by atoms with Gasteiger partial charge < -0.3 is 14.7 Å². The first-order valence-electron chi connectivity index (χ1n) is 5.59. The number of H-pyrrole nitrogens is 1. The molecule has 2 heterocycles. The molecule has 0 aliphatic heterocycles. The van der Waals surface area contributed by atoms with Crippen LogP contribution in [0.5, 0.6) is 0 Å². The van der Waals surface area contributed by atoms with Crippen LogP contribution in [0.3, 0.4) is 0 Å². The second-order valence-corrected chi connectivity index (χ2v) is 3.95. The molecule has 16 heavy (non-hydrogen) atoms. The summed E-state index contributed by atoms with van der Waals surface area (Å²) in [6, 6.07) is 2.43. The maximum Gasteiger partial charge on any atom is 0.120 e. The standard InChI is InChI=1S/C12H17N3O/c1-3-9(2)13-7-12-14-6-11(15-12)10-4-5-16-8-10/h4-6,8-9,13H,3,7H2,1-2H3,(H,14,15). The first-order valence-corrected chi connectivity index (χ1v) is 5.59. The molecule has 2 rings (SSSR count). The Morgan fingerprint density at radius 1 is 1.56 bits per heavy atom. The number of aromatic amines is 1. The van der Waals surface area contributed by atoms with Crippen molar-refractivity contribution in [1.29, 1.82) is 0 Å². The predicted molar refractivity (Wildman–Crippen MR) is 62.9 cm³/mol. The molecule has 2 N–H and O–H groups in total. The molecule has 4 nitrogen and oxygen atoms in total. The minimum Gasteiger partial charge on any atom is -0.472 e. The van der Waals surface area contributed by atoms with Gasteiger partial charge in [0.15, 0.2) is 0 Å². The monoisotopic (exact) mass is 219 g/mol. The molecule has 0 aliphatic rings. The van der Waals surface area contributed by atoms with E-state index in [9.17, 15) is 0 Å². The average Bonchev–Trinajstić information content (AvgIpc) is 2.95. The fourth-order valence-corrected chi connectivity index (χ4v) is 1.43. The quantitative estimate of drug-likeness (QED) is 0.812. The Kier molecular flexibility index (Phi) is 3.41. The molecule has 0 aliphatic carbocycles. The molecule has 86 valence electrons. The van der Waals surface area contributed by atoms with Crippen molar-refractivity contribution in [3.05, 3.63) is 30.6 Å². The van der Waals surface area contributed by atoms with Gasteiger partial charge in [-0.2, -0.15) is 0 Å². The Bertz CT molecular complexity index is 419. The molecule has 0 saturated carbocycles. The molecule has 4 heteroatoms. The summed E-state index contributed by atoms with van der Waals surface area (Å²) < 4.78 is 5.03. The van der Waals surface area contributed by atoms with Crippen molar-refractivity contribution >= 4 is 0 Å². The van der Waals surface area contributed by atoms with Gasteiger partial charge >= 0.3 is 0 Å². The second-order valence-electron chi connectivity index (χ2n) is 3.95. The summed E-state index contributed by atoms with van der Waals surface area (Å²) in [5.74, 6) is 0.955. The molecule has 0 spiro atoms. The van der Waals surface area contributed by atoms with Crippen LogP contribution in [0.1, 0.15) is 26.1 Å². The normalized spacial score (nSPS) is 12.9. The van der Waals surface area contributed by atoms with Crippen LogP contribution >= 0.6 is 0 Å². The van der Waals surface area contributed by atoms with Gasteiger partial charge in [0.2, 0.25) is 0 Å². The van der Waals surface area contributed by atoms with Gasteiger partial charge in [-0.15, -0.1) is 0 Å². The van der Waals surface area contributed by atoms with Crippen LogP contribution in [-0.2, 0) is 6.54 Å². The lowest BCUT2D eigenvalue weighted by molar-refractivity contribution is 0.525. The smallest absolute Gasteiger partial charge is 0.120 e. The topological polar surface area (TPSA) is 53.9 Å². The van der Waals surface area contributed by atoms with E-state index in [1.165, 1.54) is 0 Å². The van der Waals surface area contributed by atoms with E-state index >= 15 is 0 Å². The summed E-state index contributed by atoms with van der Waals surface area (Å²) >= 11 is 0. The van der Waals surface area contributed by atoms with Gasteiger partial charge in [0.25, 0.3) is 0 Å². The van der Waals surface area contributed by atoms with Gasteiger partial charge in [-0.1, -0.05) is 6.92 Å². The zero-order valence-electron chi connectivity index (χ0n) is 9.66. The Morgan fingerprint density at radius 2 is 2.44 bits per heavy atom. The summed E-state index contributed by atoms with van der Waals surface area (Å²) in [6.07, 6.45) is 6.32. The van der Waals surface area contributed by atoms with Gasteiger partial charge in [-0.25, -0.2) is 4.98 Å². The SMILES string of the molecule is CCC(C)NCc1ncc(-c2ccoc2)[nH]1. The molecule has 1 atom stereocenters. The van der Waals surface area contributed by atoms with Gasteiger partial charge in [-0.3, -0.25) is 0 Å². The van der Waals surface area contributed by atoms with E-state index in [0.29, 0.717) is 6.04 Å². The van der Waals surface area contributed by atoms with Crippen LogP contribution in [-0.4, -0.2) is 16.0 Å². The fourth-order valence-electron chi connectivity index (χ4n) is 1.43. The van der Waals surface area contributed by atoms with Crippen LogP contribution in [0.2, 0.25) is 0 Å². The zero-order chi connectivity index (χ0) is 11.4. The number of rotatable bonds is 5. The van der Waals surface area contributed by atoms with Crippen molar-refractivity contribution < 1.29 is 4.42 Å². The second kappa shape index (κ2) is 4.99. The highest BCUT2D eigenvalue weighted by atomic mass is 16.3. The highest BCUT2D eigenvalue weighted by Gasteiger charge is 2.05. The number of nitrogens with one attached hydrogen (secondary N) is 2. The summed E-state index contributed by atoms with van der Waals surface area (Å²) in [7, 11) is 0. The average molecular weight is 219 g/mol. The third kappa shape index (κ3) is 2.52. The molecule has 0 bridgehead atoms. The molecule has 0 saturated heterocycles. The third-order valence-electron chi connectivity index (χ3n) is 2.69. The molecule has 0 amide bonds. The van der Waals surface area contributed by atoms with Crippen LogP contribution in [0.4, 0.5) is 0 Å². The summed E-state index contributed by atoms with van der Waals surface area (Å²) in [6.45, 7) is 5.10. The van der Waals surface area contributed by atoms with Crippen molar-refractivity contribution in [2.24, 2.45) is 0 Å². The lowest BCUT2D eigenvalue weighted by Gasteiger charge is -2.08. The van der Waals surface area contributed by atoms with Crippen molar-refractivity contribution in [2.45, 2.75) is 32.9 Å². The molecule has 2 aromatic rings. The molecule has 0 aromatic carbocycles. The number of hydrogen-bond acceptors (Lipinski definition) is 3. The van der Waals surface area contributed by atoms with Crippen LogP contribution in [0, 0.1) is 0 Å². The van der Waals surface area contributed by atoms with E-state index in [-0.39, 0.29) is 0 Å². The van der Waals surface area contributed by atoms with E-state index in [1.807, 2.05) is 12.3 Å².